The summed E-state index contributed by atoms with van der Waals surface area (Å²) in [5, 5.41) is 36.5. The van der Waals surface area contributed by atoms with Gasteiger partial charge >= 0.3 is 5.69 Å². The van der Waals surface area contributed by atoms with Gasteiger partial charge in [-0.15, -0.1) is 0 Å². The fraction of sp³-hybridized carbons (Fsp3) is 0.636. The minimum atomic E-state index is -1.37. The molecule has 1 heterocycles. The highest BCUT2D eigenvalue weighted by atomic mass is 16.5. The van der Waals surface area contributed by atoms with Crippen molar-refractivity contribution >= 4 is 0 Å². The first kappa shape index (κ1) is 16.5. The third-order valence-corrected chi connectivity index (χ3v) is 2.74. The number of aromatic amines is 1. The van der Waals surface area contributed by atoms with E-state index in [0.29, 0.717) is 0 Å². The molecule has 20 heavy (non-hydrogen) atoms. The molecule has 0 bridgehead atoms. The zero-order chi connectivity index (χ0) is 15.3. The molecule has 0 spiro atoms. The maximum atomic E-state index is 11.6. The smallest absolute Gasteiger partial charge is 0.330 e. The Bertz CT molecular complexity index is 538. The van der Waals surface area contributed by atoms with Crippen LogP contribution in [-0.4, -0.2) is 62.0 Å². The zero-order valence-electron chi connectivity index (χ0n) is 10.9. The molecule has 1 rings (SSSR count). The lowest BCUT2D eigenvalue weighted by molar-refractivity contribution is -0.146. The number of nitrogens with one attached hydrogen (secondary N) is 1. The lowest BCUT2D eigenvalue weighted by Crippen LogP contribution is -2.41. The molecule has 0 radical (unpaired) electrons. The maximum Gasteiger partial charge on any atom is 0.330 e. The lowest BCUT2D eigenvalue weighted by Gasteiger charge is -2.26. The summed E-state index contributed by atoms with van der Waals surface area (Å²) in [7, 11) is 0. The molecule has 1 aromatic heterocycles. The van der Waals surface area contributed by atoms with Crippen LogP contribution >= 0.6 is 0 Å². The second kappa shape index (κ2) is 7.31. The highest BCUT2D eigenvalue weighted by Crippen LogP contribution is 2.11. The van der Waals surface area contributed by atoms with Crippen LogP contribution in [0.4, 0.5) is 0 Å². The number of aromatic nitrogens is 2. The van der Waals surface area contributed by atoms with E-state index in [4.69, 9.17) is 14.9 Å². The zero-order valence-corrected chi connectivity index (χ0v) is 10.9. The Morgan fingerprint density at radius 1 is 1.25 bits per heavy atom. The van der Waals surface area contributed by atoms with Crippen molar-refractivity contribution in [2.75, 3.05) is 19.8 Å². The molecule has 0 fully saturated rings. The highest BCUT2D eigenvalue weighted by Gasteiger charge is 2.24. The van der Waals surface area contributed by atoms with Crippen LogP contribution in [0.15, 0.2) is 15.8 Å². The Balaban J connectivity index is 3.05. The predicted molar refractivity (Wildman–Crippen MR) is 67.2 cm³/mol. The van der Waals surface area contributed by atoms with Crippen LogP contribution in [0.5, 0.6) is 0 Å². The number of aliphatic hydroxyl groups excluding tert-OH is 4. The van der Waals surface area contributed by atoms with Gasteiger partial charge < -0.3 is 25.2 Å². The molecular weight excluding hydrogens is 272 g/mol. The molecule has 0 unspecified atom stereocenters. The molecule has 0 aromatic carbocycles. The highest BCUT2D eigenvalue weighted by molar-refractivity contribution is 5.01. The minimum Gasteiger partial charge on any atom is -0.394 e. The average molecular weight is 290 g/mol. The average Bonchev–Trinajstić information content (AvgIpc) is 2.44. The number of H-pyrrole nitrogens is 1. The van der Waals surface area contributed by atoms with Gasteiger partial charge in [0.25, 0.3) is 5.56 Å². The number of aryl methyl sites for hydroxylation is 1. The van der Waals surface area contributed by atoms with Gasteiger partial charge in [0.1, 0.15) is 12.2 Å². The summed E-state index contributed by atoms with van der Waals surface area (Å²) < 4.78 is 6.13. The fourth-order valence-corrected chi connectivity index (χ4v) is 1.57. The molecule has 1 aromatic rings. The molecule has 0 saturated heterocycles. The van der Waals surface area contributed by atoms with Crippen molar-refractivity contribution in [3.8, 4) is 0 Å². The fourth-order valence-electron chi connectivity index (χ4n) is 1.57. The monoisotopic (exact) mass is 290 g/mol. The molecule has 0 aliphatic carbocycles. The van der Waals surface area contributed by atoms with Crippen molar-refractivity contribution < 1.29 is 25.2 Å². The van der Waals surface area contributed by atoms with Crippen molar-refractivity contribution in [1.82, 2.24) is 9.55 Å². The van der Waals surface area contributed by atoms with Crippen molar-refractivity contribution in [3.63, 3.8) is 0 Å². The van der Waals surface area contributed by atoms with Gasteiger partial charge in [-0.05, 0) is 6.92 Å². The summed E-state index contributed by atoms with van der Waals surface area (Å²) in [5.41, 5.74) is -1.12. The van der Waals surface area contributed by atoms with Crippen molar-refractivity contribution in [1.29, 1.82) is 0 Å². The molecule has 9 nitrogen and oxygen atoms in total. The Morgan fingerprint density at radius 3 is 2.40 bits per heavy atom. The van der Waals surface area contributed by atoms with E-state index in [9.17, 15) is 19.8 Å². The van der Waals surface area contributed by atoms with Crippen molar-refractivity contribution in [3.05, 3.63) is 32.6 Å². The molecule has 9 heteroatoms. The van der Waals surface area contributed by atoms with E-state index >= 15 is 0 Å². The van der Waals surface area contributed by atoms with E-state index < -0.39 is 49.5 Å². The molecule has 0 aliphatic heterocycles. The molecule has 0 saturated carbocycles. The van der Waals surface area contributed by atoms with Crippen LogP contribution in [0.3, 0.4) is 0 Å². The second-order valence-electron chi connectivity index (χ2n) is 4.22. The largest absolute Gasteiger partial charge is 0.394 e. The van der Waals surface area contributed by atoms with Gasteiger partial charge in [0, 0.05) is 11.8 Å². The van der Waals surface area contributed by atoms with Gasteiger partial charge in [0.2, 0.25) is 0 Å². The Kier molecular flexibility index (Phi) is 6.05. The summed E-state index contributed by atoms with van der Waals surface area (Å²) in [5.74, 6) is 0. The van der Waals surface area contributed by atoms with Crippen LogP contribution in [0, 0.1) is 6.92 Å². The maximum absolute atomic E-state index is 11.6. The van der Waals surface area contributed by atoms with E-state index in [1.807, 2.05) is 4.98 Å². The van der Waals surface area contributed by atoms with Crippen LogP contribution in [0.25, 0.3) is 0 Å². The van der Waals surface area contributed by atoms with Crippen LogP contribution in [0.2, 0.25) is 0 Å². The van der Waals surface area contributed by atoms with E-state index in [1.54, 1.807) is 0 Å². The Hall–Kier alpha value is -1.52. The number of hydrogen-bond acceptors (Lipinski definition) is 7. The number of aliphatic hydroxyl groups is 4. The van der Waals surface area contributed by atoms with Gasteiger partial charge in [-0.3, -0.25) is 14.3 Å². The molecular formula is C11H18N2O7. The molecule has 114 valence electrons. The summed E-state index contributed by atoms with van der Waals surface area (Å²) >= 11 is 0. The quantitative estimate of drug-likeness (QED) is 0.361. The van der Waals surface area contributed by atoms with Gasteiger partial charge in [-0.1, -0.05) is 0 Å². The normalized spacial score (nSPS) is 15.8. The Labute approximate surface area is 113 Å². The van der Waals surface area contributed by atoms with Gasteiger partial charge in [-0.25, -0.2) is 4.79 Å². The van der Waals surface area contributed by atoms with Crippen molar-refractivity contribution in [2.24, 2.45) is 0 Å². The van der Waals surface area contributed by atoms with E-state index in [2.05, 4.69) is 0 Å². The van der Waals surface area contributed by atoms with Gasteiger partial charge in [-0.2, -0.15) is 0 Å². The first-order valence-corrected chi connectivity index (χ1v) is 5.92. The SMILES string of the molecule is Cc1cn([C@@H](CO)O[C@H](CO)[C@H](O)CO)c(=O)[nH]c1=O. The summed E-state index contributed by atoms with van der Waals surface area (Å²) in [6.45, 7) is -0.423. The second-order valence-corrected chi connectivity index (χ2v) is 4.22. The van der Waals surface area contributed by atoms with Crippen LogP contribution in [0.1, 0.15) is 11.8 Å². The van der Waals surface area contributed by atoms with Crippen LogP contribution in [-0.2, 0) is 4.74 Å². The third-order valence-electron chi connectivity index (χ3n) is 2.74. The standard InChI is InChI=1S/C11H18N2O7/c1-6-2-13(11(19)12-10(6)18)9(5-16)20-8(4-15)7(17)3-14/h2,7-9,14-17H,3-5H2,1H3,(H,12,18,19)/t7-,8-,9-/m1/s1. The summed E-state index contributed by atoms with van der Waals surface area (Å²) in [6.07, 6.45) is -2.57. The lowest BCUT2D eigenvalue weighted by atomic mass is 10.2. The molecule has 0 amide bonds. The van der Waals surface area contributed by atoms with Crippen molar-refractivity contribution in [2.45, 2.75) is 25.4 Å². The van der Waals surface area contributed by atoms with Crippen LogP contribution < -0.4 is 11.2 Å². The predicted octanol–water partition coefficient (Wildman–Crippen LogP) is -2.93. The topological polar surface area (TPSA) is 145 Å². The van der Waals surface area contributed by atoms with Gasteiger partial charge in [0.15, 0.2) is 6.23 Å². The number of ether oxygens (including phenoxy) is 1. The molecule has 0 aliphatic rings. The molecule has 3 atom stereocenters. The first-order valence-electron chi connectivity index (χ1n) is 5.92. The number of nitrogens with zero attached hydrogens (tertiary/aromatic N) is 1. The number of rotatable bonds is 7. The number of hydrogen-bond donors (Lipinski definition) is 5. The van der Waals surface area contributed by atoms with E-state index in [1.165, 1.54) is 13.1 Å². The third kappa shape index (κ3) is 3.74. The van der Waals surface area contributed by atoms with E-state index in [-0.39, 0.29) is 5.56 Å². The van der Waals surface area contributed by atoms with Gasteiger partial charge in [0.05, 0.1) is 19.8 Å². The Morgan fingerprint density at radius 2 is 1.90 bits per heavy atom. The summed E-state index contributed by atoms with van der Waals surface area (Å²) in [6, 6.07) is 0. The minimum absolute atomic E-state index is 0.231. The molecule has 5 N–H and O–H groups in total. The first-order chi connectivity index (χ1) is 9.44. The van der Waals surface area contributed by atoms with E-state index in [0.717, 1.165) is 4.57 Å². The summed E-state index contributed by atoms with van der Waals surface area (Å²) in [4.78, 5) is 24.9.